The molecule has 1 aromatic rings. The van der Waals surface area contributed by atoms with Crippen LogP contribution in [0.5, 0.6) is 0 Å². The van der Waals surface area contributed by atoms with Crippen molar-refractivity contribution in [2.75, 3.05) is 11.5 Å². The van der Waals surface area contributed by atoms with Crippen molar-refractivity contribution in [2.24, 2.45) is 0 Å². The first-order valence-corrected chi connectivity index (χ1v) is 9.08. The number of aryl methyl sites for hydroxylation is 1. The highest BCUT2D eigenvalue weighted by molar-refractivity contribution is 7.91. The van der Waals surface area contributed by atoms with Crippen LogP contribution in [0.4, 0.5) is 8.78 Å². The second-order valence-corrected chi connectivity index (χ2v) is 8.04. The summed E-state index contributed by atoms with van der Waals surface area (Å²) in [6.07, 6.45) is 2.96. The zero-order valence-electron chi connectivity index (χ0n) is 12.1. The highest BCUT2D eigenvalue weighted by Crippen LogP contribution is 2.15. The summed E-state index contributed by atoms with van der Waals surface area (Å²) in [4.78, 5) is 0. The molecule has 1 heterocycles. The third-order valence-electron chi connectivity index (χ3n) is 3.83. The first-order valence-electron chi connectivity index (χ1n) is 7.26. The quantitative estimate of drug-likeness (QED) is 0.907. The predicted octanol–water partition coefficient (Wildman–Crippen LogP) is 2.45. The summed E-state index contributed by atoms with van der Waals surface area (Å²) >= 11 is 0. The van der Waals surface area contributed by atoms with Gasteiger partial charge in [-0.1, -0.05) is 6.07 Å². The van der Waals surface area contributed by atoms with E-state index in [-0.39, 0.29) is 23.6 Å². The number of hydrogen-bond donors (Lipinski definition) is 1. The van der Waals surface area contributed by atoms with Crippen LogP contribution < -0.4 is 5.32 Å². The zero-order chi connectivity index (χ0) is 15.5. The van der Waals surface area contributed by atoms with Crippen molar-refractivity contribution in [2.45, 2.75) is 44.7 Å². The number of halogens is 2. The van der Waals surface area contributed by atoms with Crippen molar-refractivity contribution < 1.29 is 17.2 Å². The molecule has 0 radical (unpaired) electrons. The number of nitrogens with one attached hydrogen (secondary N) is 1. The standard InChI is InChI=1S/C15H21F2NO2S/c1-11(18-13-3-2-8-21(19,20)10-13)4-5-12-6-7-14(16)15(17)9-12/h6-7,9,11,13,18H,2-5,8,10H2,1H3/t11-,13+/m1/s1. The van der Waals surface area contributed by atoms with E-state index < -0.39 is 21.5 Å². The van der Waals surface area contributed by atoms with Crippen molar-refractivity contribution in [1.29, 1.82) is 0 Å². The maximum atomic E-state index is 13.1. The van der Waals surface area contributed by atoms with Gasteiger partial charge in [0.05, 0.1) is 11.5 Å². The van der Waals surface area contributed by atoms with Gasteiger partial charge >= 0.3 is 0 Å². The number of rotatable bonds is 5. The van der Waals surface area contributed by atoms with Crippen LogP contribution in [0.1, 0.15) is 31.7 Å². The van der Waals surface area contributed by atoms with Crippen molar-refractivity contribution >= 4 is 9.84 Å². The molecule has 3 nitrogen and oxygen atoms in total. The maximum absolute atomic E-state index is 13.1. The Morgan fingerprint density at radius 1 is 1.33 bits per heavy atom. The molecule has 0 aliphatic carbocycles. The maximum Gasteiger partial charge on any atom is 0.159 e. The van der Waals surface area contributed by atoms with Gasteiger partial charge in [0.15, 0.2) is 21.5 Å². The fourth-order valence-electron chi connectivity index (χ4n) is 2.72. The van der Waals surface area contributed by atoms with Crippen molar-refractivity contribution in [3.05, 3.63) is 35.4 Å². The monoisotopic (exact) mass is 317 g/mol. The van der Waals surface area contributed by atoms with E-state index in [1.165, 1.54) is 6.07 Å². The molecule has 1 aliphatic heterocycles. The summed E-state index contributed by atoms with van der Waals surface area (Å²) in [6, 6.07) is 4.07. The lowest BCUT2D eigenvalue weighted by Crippen LogP contribution is -2.44. The van der Waals surface area contributed by atoms with Gasteiger partial charge < -0.3 is 5.32 Å². The van der Waals surface area contributed by atoms with Crippen molar-refractivity contribution in [1.82, 2.24) is 5.32 Å². The van der Waals surface area contributed by atoms with E-state index in [9.17, 15) is 17.2 Å². The molecule has 2 atom stereocenters. The second-order valence-electron chi connectivity index (χ2n) is 5.81. The SMILES string of the molecule is C[C@H](CCc1ccc(F)c(F)c1)N[C@H]1CCCS(=O)(=O)C1. The molecule has 118 valence electrons. The molecule has 0 spiro atoms. The first kappa shape index (κ1) is 16.4. The normalized spacial score (nSPS) is 22.9. The zero-order valence-corrected chi connectivity index (χ0v) is 12.9. The Hall–Kier alpha value is -1.01. The molecule has 0 unspecified atom stereocenters. The lowest BCUT2D eigenvalue weighted by atomic mass is 10.0. The third kappa shape index (κ3) is 5.04. The molecule has 0 bridgehead atoms. The molecule has 1 N–H and O–H groups in total. The van der Waals surface area contributed by atoms with Crippen LogP contribution in [0.25, 0.3) is 0 Å². The van der Waals surface area contributed by atoms with Crippen molar-refractivity contribution in [3.8, 4) is 0 Å². The Labute approximate surface area is 124 Å². The summed E-state index contributed by atoms with van der Waals surface area (Å²) in [5.74, 6) is -1.18. The summed E-state index contributed by atoms with van der Waals surface area (Å²) in [7, 11) is -2.91. The molecular formula is C15H21F2NO2S. The van der Waals surface area contributed by atoms with Crippen LogP contribution in [0.15, 0.2) is 18.2 Å². The summed E-state index contributed by atoms with van der Waals surface area (Å²) in [5.41, 5.74) is 0.749. The van der Waals surface area contributed by atoms with E-state index in [0.717, 1.165) is 24.5 Å². The van der Waals surface area contributed by atoms with E-state index in [0.29, 0.717) is 12.8 Å². The van der Waals surface area contributed by atoms with Gasteiger partial charge in [0, 0.05) is 12.1 Å². The minimum Gasteiger partial charge on any atom is -0.310 e. The molecule has 0 saturated carbocycles. The molecule has 0 amide bonds. The van der Waals surface area contributed by atoms with Crippen LogP contribution in [0.3, 0.4) is 0 Å². The van der Waals surface area contributed by atoms with Gasteiger partial charge in [0.25, 0.3) is 0 Å². The average Bonchev–Trinajstić information content (AvgIpc) is 2.39. The molecular weight excluding hydrogens is 296 g/mol. The molecule has 1 saturated heterocycles. The van der Waals surface area contributed by atoms with E-state index >= 15 is 0 Å². The van der Waals surface area contributed by atoms with Crippen LogP contribution in [0.2, 0.25) is 0 Å². The largest absolute Gasteiger partial charge is 0.310 e. The molecule has 21 heavy (non-hydrogen) atoms. The molecule has 6 heteroatoms. The Bertz CT molecular complexity index is 589. The van der Waals surface area contributed by atoms with E-state index in [1.807, 2.05) is 6.92 Å². The average molecular weight is 317 g/mol. The minimum atomic E-state index is -2.91. The molecule has 1 fully saturated rings. The Morgan fingerprint density at radius 2 is 2.10 bits per heavy atom. The van der Waals surface area contributed by atoms with Gasteiger partial charge in [-0.15, -0.1) is 0 Å². The van der Waals surface area contributed by atoms with E-state index in [1.54, 1.807) is 6.07 Å². The van der Waals surface area contributed by atoms with Gasteiger partial charge in [0.2, 0.25) is 0 Å². The number of benzene rings is 1. The Morgan fingerprint density at radius 3 is 2.76 bits per heavy atom. The molecule has 1 aromatic carbocycles. The fraction of sp³-hybridized carbons (Fsp3) is 0.600. The minimum absolute atomic E-state index is 0.00343. The lowest BCUT2D eigenvalue weighted by molar-refractivity contribution is 0.415. The van der Waals surface area contributed by atoms with Crippen LogP contribution in [0, 0.1) is 11.6 Å². The predicted molar refractivity (Wildman–Crippen MR) is 79.0 cm³/mol. The highest BCUT2D eigenvalue weighted by Gasteiger charge is 2.25. The summed E-state index contributed by atoms with van der Waals surface area (Å²) < 4.78 is 49.1. The number of hydrogen-bond acceptors (Lipinski definition) is 3. The van der Waals surface area contributed by atoms with E-state index in [4.69, 9.17) is 0 Å². The van der Waals surface area contributed by atoms with Crippen LogP contribution >= 0.6 is 0 Å². The summed E-state index contributed by atoms with van der Waals surface area (Å²) in [6.45, 7) is 1.99. The van der Waals surface area contributed by atoms with Gasteiger partial charge in [-0.2, -0.15) is 0 Å². The summed E-state index contributed by atoms with van der Waals surface area (Å²) in [5, 5.41) is 3.32. The second kappa shape index (κ2) is 6.83. The van der Waals surface area contributed by atoms with Crippen LogP contribution in [-0.2, 0) is 16.3 Å². The smallest absolute Gasteiger partial charge is 0.159 e. The van der Waals surface area contributed by atoms with Gasteiger partial charge in [-0.05, 0) is 50.3 Å². The third-order valence-corrected chi connectivity index (χ3v) is 5.65. The van der Waals surface area contributed by atoms with Crippen molar-refractivity contribution in [3.63, 3.8) is 0 Å². The lowest BCUT2D eigenvalue weighted by Gasteiger charge is -2.26. The highest BCUT2D eigenvalue weighted by atomic mass is 32.2. The molecule has 1 aliphatic rings. The van der Waals surface area contributed by atoms with Gasteiger partial charge in [-0.3, -0.25) is 0 Å². The topological polar surface area (TPSA) is 46.2 Å². The first-order chi connectivity index (χ1) is 9.85. The van der Waals surface area contributed by atoms with E-state index in [2.05, 4.69) is 5.32 Å². The Balaban J connectivity index is 1.81. The van der Waals surface area contributed by atoms with Gasteiger partial charge in [-0.25, -0.2) is 17.2 Å². The fourth-order valence-corrected chi connectivity index (χ4v) is 4.37. The molecule has 0 aromatic heterocycles. The number of sulfone groups is 1. The molecule has 2 rings (SSSR count). The van der Waals surface area contributed by atoms with Gasteiger partial charge in [0.1, 0.15) is 0 Å². The van der Waals surface area contributed by atoms with Crippen LogP contribution in [-0.4, -0.2) is 32.0 Å². The Kier molecular flexibility index (Phi) is 5.32.